The van der Waals surface area contributed by atoms with Gasteiger partial charge in [0.2, 0.25) is 0 Å². The van der Waals surface area contributed by atoms with E-state index in [1.54, 1.807) is 20.1 Å². The van der Waals surface area contributed by atoms with Gasteiger partial charge in [0.25, 0.3) is 0 Å². The number of aryl methyl sites for hydroxylation is 2. The van der Waals surface area contributed by atoms with E-state index in [2.05, 4.69) is 0 Å². The van der Waals surface area contributed by atoms with Crippen LogP contribution in [0.25, 0.3) is 0 Å². The molecule has 2 N–H and O–H groups in total. The quantitative estimate of drug-likeness (QED) is 0.923. The van der Waals surface area contributed by atoms with Gasteiger partial charge >= 0.3 is 0 Å². The number of ether oxygens (including phenoxy) is 1. The van der Waals surface area contributed by atoms with Gasteiger partial charge in [-0.05, 0) is 49.1 Å². The first-order valence-electron chi connectivity index (χ1n) is 6.61. The number of halogens is 1. The monoisotopic (exact) mass is 273 g/mol. The van der Waals surface area contributed by atoms with Crippen molar-refractivity contribution in [2.45, 2.75) is 26.8 Å². The van der Waals surface area contributed by atoms with Gasteiger partial charge in [0.15, 0.2) is 0 Å². The summed E-state index contributed by atoms with van der Waals surface area (Å²) >= 11 is 0. The number of hydrogen-bond acceptors (Lipinski definition) is 2. The van der Waals surface area contributed by atoms with Gasteiger partial charge < -0.3 is 10.5 Å². The molecule has 0 aliphatic heterocycles. The molecular formula is C17H20FNO. The summed E-state index contributed by atoms with van der Waals surface area (Å²) in [7, 11) is 1.63. The summed E-state index contributed by atoms with van der Waals surface area (Å²) in [5.74, 6) is 0.541. The molecular weight excluding hydrogens is 253 g/mol. The van der Waals surface area contributed by atoms with Gasteiger partial charge in [0.1, 0.15) is 11.6 Å². The molecule has 2 aromatic carbocycles. The molecule has 0 spiro atoms. The molecule has 0 heterocycles. The average molecular weight is 273 g/mol. The third-order valence-corrected chi connectivity index (χ3v) is 3.80. The molecule has 0 amide bonds. The predicted molar refractivity (Wildman–Crippen MR) is 79.6 cm³/mol. The second-order valence-corrected chi connectivity index (χ2v) is 5.12. The van der Waals surface area contributed by atoms with Crippen molar-refractivity contribution in [1.29, 1.82) is 0 Å². The first-order chi connectivity index (χ1) is 9.45. The van der Waals surface area contributed by atoms with E-state index < -0.39 is 6.04 Å². The Labute approximate surface area is 119 Å². The van der Waals surface area contributed by atoms with Crippen LogP contribution in [0.4, 0.5) is 4.39 Å². The van der Waals surface area contributed by atoms with E-state index in [0.717, 1.165) is 28.0 Å². The molecule has 0 aliphatic carbocycles. The van der Waals surface area contributed by atoms with Crippen molar-refractivity contribution in [3.8, 4) is 5.75 Å². The first-order valence-corrected chi connectivity index (χ1v) is 6.61. The molecule has 3 heteroatoms. The van der Waals surface area contributed by atoms with Crippen LogP contribution in [0.2, 0.25) is 0 Å². The predicted octanol–water partition coefficient (Wildman–Crippen LogP) is 3.81. The number of hydrogen-bond donors (Lipinski definition) is 1. The lowest BCUT2D eigenvalue weighted by Gasteiger charge is -2.19. The fourth-order valence-corrected chi connectivity index (χ4v) is 2.31. The van der Waals surface area contributed by atoms with Crippen molar-refractivity contribution in [2.75, 3.05) is 7.11 Å². The molecule has 0 aliphatic rings. The molecule has 106 valence electrons. The van der Waals surface area contributed by atoms with Gasteiger partial charge in [-0.2, -0.15) is 0 Å². The Morgan fingerprint density at radius 1 is 1.05 bits per heavy atom. The van der Waals surface area contributed by atoms with Crippen LogP contribution < -0.4 is 10.5 Å². The fraction of sp³-hybridized carbons (Fsp3) is 0.294. The molecule has 2 aromatic rings. The van der Waals surface area contributed by atoms with Crippen LogP contribution in [-0.4, -0.2) is 7.11 Å². The van der Waals surface area contributed by atoms with Crippen LogP contribution in [-0.2, 0) is 0 Å². The highest BCUT2D eigenvalue weighted by molar-refractivity contribution is 5.49. The van der Waals surface area contributed by atoms with Gasteiger partial charge in [-0.1, -0.05) is 24.3 Å². The number of methoxy groups -OCH3 is 1. The minimum Gasteiger partial charge on any atom is -0.496 e. The van der Waals surface area contributed by atoms with E-state index in [1.165, 1.54) is 6.07 Å². The lowest BCUT2D eigenvalue weighted by atomic mass is 9.94. The SMILES string of the molecule is COc1c(C(N)c2ccc(C)c(F)c2)ccc(C)c1C. The maximum absolute atomic E-state index is 13.7. The number of nitrogens with two attached hydrogens (primary N) is 1. The molecule has 20 heavy (non-hydrogen) atoms. The van der Waals surface area contributed by atoms with Gasteiger partial charge in [-0.25, -0.2) is 4.39 Å². The minimum atomic E-state index is -0.403. The molecule has 0 saturated heterocycles. The van der Waals surface area contributed by atoms with Crippen LogP contribution >= 0.6 is 0 Å². The largest absolute Gasteiger partial charge is 0.496 e. The average Bonchev–Trinajstić information content (AvgIpc) is 2.44. The molecule has 1 unspecified atom stereocenters. The molecule has 0 fully saturated rings. The molecule has 0 bridgehead atoms. The zero-order valence-electron chi connectivity index (χ0n) is 12.3. The molecule has 2 rings (SSSR count). The molecule has 0 saturated carbocycles. The highest BCUT2D eigenvalue weighted by Crippen LogP contribution is 2.33. The molecule has 0 aromatic heterocycles. The number of rotatable bonds is 3. The van der Waals surface area contributed by atoms with Gasteiger partial charge in [0.05, 0.1) is 13.2 Å². The smallest absolute Gasteiger partial charge is 0.127 e. The Morgan fingerprint density at radius 3 is 2.30 bits per heavy atom. The van der Waals surface area contributed by atoms with E-state index in [-0.39, 0.29) is 5.82 Å². The molecule has 1 atom stereocenters. The summed E-state index contributed by atoms with van der Waals surface area (Å²) < 4.78 is 19.2. The van der Waals surface area contributed by atoms with Crippen LogP contribution in [0, 0.1) is 26.6 Å². The van der Waals surface area contributed by atoms with Crippen molar-refractivity contribution in [2.24, 2.45) is 5.73 Å². The summed E-state index contributed by atoms with van der Waals surface area (Å²) in [6, 6.07) is 8.66. The summed E-state index contributed by atoms with van der Waals surface area (Å²) in [6.45, 7) is 5.76. The lowest BCUT2D eigenvalue weighted by Crippen LogP contribution is -2.14. The zero-order valence-corrected chi connectivity index (χ0v) is 12.3. The van der Waals surface area contributed by atoms with Gasteiger partial charge in [-0.15, -0.1) is 0 Å². The van der Waals surface area contributed by atoms with E-state index in [9.17, 15) is 4.39 Å². The van der Waals surface area contributed by atoms with Crippen molar-refractivity contribution >= 4 is 0 Å². The Hall–Kier alpha value is -1.87. The third-order valence-electron chi connectivity index (χ3n) is 3.80. The van der Waals surface area contributed by atoms with E-state index in [4.69, 9.17) is 10.5 Å². The lowest BCUT2D eigenvalue weighted by molar-refractivity contribution is 0.404. The zero-order chi connectivity index (χ0) is 14.9. The Bertz CT molecular complexity index is 637. The Kier molecular flexibility index (Phi) is 4.09. The van der Waals surface area contributed by atoms with Crippen molar-refractivity contribution in [3.05, 3.63) is 64.0 Å². The van der Waals surface area contributed by atoms with E-state index >= 15 is 0 Å². The molecule has 0 radical (unpaired) electrons. The van der Waals surface area contributed by atoms with Crippen LogP contribution in [0.1, 0.15) is 33.9 Å². The second-order valence-electron chi connectivity index (χ2n) is 5.12. The maximum Gasteiger partial charge on any atom is 0.127 e. The summed E-state index contributed by atoms with van der Waals surface area (Å²) in [5, 5.41) is 0. The van der Waals surface area contributed by atoms with Crippen LogP contribution in [0.5, 0.6) is 5.75 Å². The second kappa shape index (κ2) is 5.63. The van der Waals surface area contributed by atoms with Crippen LogP contribution in [0.15, 0.2) is 30.3 Å². The van der Waals surface area contributed by atoms with Crippen molar-refractivity contribution < 1.29 is 9.13 Å². The third kappa shape index (κ3) is 2.54. The standard InChI is InChI=1S/C17H20FNO/c1-10-6-8-14(17(20-4)12(10)3)16(19)13-7-5-11(2)15(18)9-13/h5-9,16H,19H2,1-4H3. The Morgan fingerprint density at radius 2 is 1.70 bits per heavy atom. The maximum atomic E-state index is 13.7. The van der Waals surface area contributed by atoms with E-state index in [1.807, 2.05) is 32.0 Å². The van der Waals surface area contributed by atoms with Crippen molar-refractivity contribution in [1.82, 2.24) is 0 Å². The summed E-state index contributed by atoms with van der Waals surface area (Å²) in [4.78, 5) is 0. The normalized spacial score (nSPS) is 12.3. The van der Waals surface area contributed by atoms with Gasteiger partial charge in [-0.3, -0.25) is 0 Å². The number of benzene rings is 2. The fourth-order valence-electron chi connectivity index (χ4n) is 2.31. The summed E-state index contributed by atoms with van der Waals surface area (Å²) in [5.41, 5.74) is 10.7. The first kappa shape index (κ1) is 14.5. The highest BCUT2D eigenvalue weighted by Gasteiger charge is 2.17. The Balaban J connectivity index is 2.50. The van der Waals surface area contributed by atoms with Gasteiger partial charge in [0, 0.05) is 5.56 Å². The summed E-state index contributed by atoms with van der Waals surface area (Å²) in [6.07, 6.45) is 0. The van der Waals surface area contributed by atoms with Crippen LogP contribution in [0.3, 0.4) is 0 Å². The van der Waals surface area contributed by atoms with Crippen molar-refractivity contribution in [3.63, 3.8) is 0 Å². The minimum absolute atomic E-state index is 0.235. The molecule has 2 nitrogen and oxygen atoms in total. The highest BCUT2D eigenvalue weighted by atomic mass is 19.1. The van der Waals surface area contributed by atoms with E-state index in [0.29, 0.717) is 5.56 Å². The topological polar surface area (TPSA) is 35.2 Å².